The summed E-state index contributed by atoms with van der Waals surface area (Å²) in [6.07, 6.45) is 3.24. The minimum atomic E-state index is -0.303. The number of rotatable bonds is 8. The predicted octanol–water partition coefficient (Wildman–Crippen LogP) is 3.14. The van der Waals surface area contributed by atoms with Crippen LogP contribution in [0.1, 0.15) is 42.8 Å². The Morgan fingerprint density at radius 2 is 1.81 bits per heavy atom. The second kappa shape index (κ2) is 10.2. The van der Waals surface area contributed by atoms with Crippen molar-refractivity contribution in [2.24, 2.45) is 5.92 Å². The van der Waals surface area contributed by atoms with E-state index in [0.717, 1.165) is 23.5 Å². The molecular formula is C25H29N5O2. The fourth-order valence-electron chi connectivity index (χ4n) is 4.42. The number of carbonyl (C=O) groups excluding carboxylic acids is 2. The molecule has 0 radical (unpaired) electrons. The molecule has 1 N–H and O–H groups in total. The average Bonchev–Trinajstić information content (AvgIpc) is 3.29. The topological polar surface area (TPSA) is 80.1 Å². The van der Waals surface area contributed by atoms with Gasteiger partial charge in [-0.05, 0) is 24.5 Å². The zero-order chi connectivity index (χ0) is 22.3. The van der Waals surface area contributed by atoms with E-state index in [4.69, 9.17) is 0 Å². The summed E-state index contributed by atoms with van der Waals surface area (Å²) in [5.74, 6) is 0.620. The third kappa shape index (κ3) is 4.88. The molecule has 2 unspecified atom stereocenters. The highest BCUT2D eigenvalue weighted by Gasteiger charge is 2.40. The standard InChI is InChI=1S/C25H29N5O2/c1-2-29-18-27-28-22(29)15-16-26-25(32)21-13-14-23(31)30(17-19-9-5-3-6-10-19)24(21)20-11-7-4-8-12-20/h3-12,18,21,24H,2,13-17H2,1H3,(H,26,32). The van der Waals surface area contributed by atoms with Crippen molar-refractivity contribution in [3.8, 4) is 0 Å². The highest BCUT2D eigenvalue weighted by Crippen LogP contribution is 2.37. The van der Waals surface area contributed by atoms with Crippen LogP contribution < -0.4 is 5.32 Å². The molecule has 2 atom stereocenters. The van der Waals surface area contributed by atoms with Crippen LogP contribution in [0.3, 0.4) is 0 Å². The van der Waals surface area contributed by atoms with E-state index >= 15 is 0 Å². The van der Waals surface area contributed by atoms with Crippen LogP contribution in [0.4, 0.5) is 0 Å². The minimum absolute atomic E-state index is 0.0213. The summed E-state index contributed by atoms with van der Waals surface area (Å²) < 4.78 is 1.97. The van der Waals surface area contributed by atoms with Gasteiger partial charge in [0.15, 0.2) is 0 Å². The van der Waals surface area contributed by atoms with Gasteiger partial charge in [0.05, 0.1) is 12.0 Å². The van der Waals surface area contributed by atoms with Gasteiger partial charge in [-0.2, -0.15) is 0 Å². The number of hydrogen-bond donors (Lipinski definition) is 1. The third-order valence-corrected chi connectivity index (χ3v) is 6.06. The Morgan fingerprint density at radius 3 is 2.53 bits per heavy atom. The fourth-order valence-corrected chi connectivity index (χ4v) is 4.42. The maximum Gasteiger partial charge on any atom is 0.225 e. The second-order valence-corrected chi connectivity index (χ2v) is 8.08. The molecule has 1 saturated heterocycles. The number of piperidine rings is 1. The van der Waals surface area contributed by atoms with Crippen LogP contribution >= 0.6 is 0 Å². The van der Waals surface area contributed by atoms with Crippen LogP contribution in [0.5, 0.6) is 0 Å². The lowest BCUT2D eigenvalue weighted by molar-refractivity contribution is -0.144. The maximum atomic E-state index is 13.3. The van der Waals surface area contributed by atoms with Gasteiger partial charge < -0.3 is 14.8 Å². The first kappa shape index (κ1) is 21.7. The van der Waals surface area contributed by atoms with Gasteiger partial charge in [0.2, 0.25) is 11.8 Å². The lowest BCUT2D eigenvalue weighted by atomic mass is 9.83. The van der Waals surface area contributed by atoms with Crippen LogP contribution in [-0.4, -0.2) is 38.0 Å². The van der Waals surface area contributed by atoms with Crippen molar-refractivity contribution in [3.63, 3.8) is 0 Å². The number of aryl methyl sites for hydroxylation is 1. The van der Waals surface area contributed by atoms with Gasteiger partial charge in [-0.15, -0.1) is 10.2 Å². The van der Waals surface area contributed by atoms with Gasteiger partial charge in [-0.1, -0.05) is 60.7 Å². The van der Waals surface area contributed by atoms with E-state index in [0.29, 0.717) is 32.4 Å². The summed E-state index contributed by atoms with van der Waals surface area (Å²) in [6, 6.07) is 19.5. The molecule has 0 spiro atoms. The van der Waals surface area contributed by atoms with Gasteiger partial charge in [0.25, 0.3) is 0 Å². The molecule has 2 aromatic carbocycles. The summed E-state index contributed by atoms with van der Waals surface area (Å²) in [5, 5.41) is 11.2. The summed E-state index contributed by atoms with van der Waals surface area (Å²) >= 11 is 0. The Hall–Kier alpha value is -3.48. The number of nitrogens with one attached hydrogen (secondary N) is 1. The van der Waals surface area contributed by atoms with E-state index in [-0.39, 0.29) is 23.8 Å². The normalized spacial score (nSPS) is 18.5. The summed E-state index contributed by atoms with van der Waals surface area (Å²) in [4.78, 5) is 28.1. The first-order valence-electron chi connectivity index (χ1n) is 11.2. The molecule has 166 valence electrons. The molecule has 1 aromatic heterocycles. The lowest BCUT2D eigenvalue weighted by Gasteiger charge is -2.41. The quantitative estimate of drug-likeness (QED) is 0.594. The molecule has 1 aliphatic heterocycles. The van der Waals surface area contributed by atoms with Crippen molar-refractivity contribution >= 4 is 11.8 Å². The number of likely N-dealkylation sites (tertiary alicyclic amines) is 1. The van der Waals surface area contributed by atoms with E-state index in [9.17, 15) is 9.59 Å². The molecule has 0 bridgehead atoms. The number of carbonyl (C=O) groups is 2. The van der Waals surface area contributed by atoms with Crippen molar-refractivity contribution in [1.82, 2.24) is 25.0 Å². The average molecular weight is 432 g/mol. The molecule has 7 nitrogen and oxygen atoms in total. The molecule has 32 heavy (non-hydrogen) atoms. The summed E-state index contributed by atoms with van der Waals surface area (Å²) in [5.41, 5.74) is 2.05. The molecular weight excluding hydrogens is 402 g/mol. The van der Waals surface area contributed by atoms with E-state index in [1.54, 1.807) is 6.33 Å². The first-order chi connectivity index (χ1) is 15.7. The van der Waals surface area contributed by atoms with Crippen LogP contribution in [0.2, 0.25) is 0 Å². The molecule has 7 heteroatoms. The van der Waals surface area contributed by atoms with Crippen LogP contribution in [0.15, 0.2) is 67.0 Å². The molecule has 2 amide bonds. The monoisotopic (exact) mass is 431 g/mol. The Morgan fingerprint density at radius 1 is 1.09 bits per heavy atom. The SMILES string of the molecule is CCn1cnnc1CCNC(=O)C1CCC(=O)N(Cc2ccccc2)C1c1ccccc1. The minimum Gasteiger partial charge on any atom is -0.355 e. The molecule has 0 aliphatic carbocycles. The van der Waals surface area contributed by atoms with Crippen molar-refractivity contribution in [2.75, 3.05) is 6.54 Å². The summed E-state index contributed by atoms with van der Waals surface area (Å²) in [7, 11) is 0. The maximum absolute atomic E-state index is 13.3. The largest absolute Gasteiger partial charge is 0.355 e. The van der Waals surface area contributed by atoms with E-state index < -0.39 is 0 Å². The number of nitrogens with zero attached hydrogens (tertiary/aromatic N) is 4. The van der Waals surface area contributed by atoms with Gasteiger partial charge in [-0.3, -0.25) is 9.59 Å². The first-order valence-corrected chi connectivity index (χ1v) is 11.2. The van der Waals surface area contributed by atoms with Crippen LogP contribution in [0.25, 0.3) is 0 Å². The lowest BCUT2D eigenvalue weighted by Crippen LogP contribution is -2.48. The highest BCUT2D eigenvalue weighted by atomic mass is 16.2. The predicted molar refractivity (Wildman–Crippen MR) is 121 cm³/mol. The van der Waals surface area contributed by atoms with Crippen molar-refractivity contribution in [1.29, 1.82) is 0 Å². The smallest absolute Gasteiger partial charge is 0.225 e. The van der Waals surface area contributed by atoms with Gasteiger partial charge >= 0.3 is 0 Å². The molecule has 2 heterocycles. The Bertz CT molecular complexity index is 1030. The van der Waals surface area contributed by atoms with Crippen molar-refractivity contribution in [3.05, 3.63) is 83.9 Å². The molecule has 4 rings (SSSR count). The van der Waals surface area contributed by atoms with Gasteiger partial charge in [0.1, 0.15) is 12.2 Å². The third-order valence-electron chi connectivity index (χ3n) is 6.06. The Kier molecular flexibility index (Phi) is 6.94. The summed E-state index contributed by atoms with van der Waals surface area (Å²) in [6.45, 7) is 3.81. The van der Waals surface area contributed by atoms with E-state index in [1.165, 1.54) is 0 Å². The molecule has 3 aromatic rings. The molecule has 1 fully saturated rings. The van der Waals surface area contributed by atoms with Crippen LogP contribution in [-0.2, 0) is 29.1 Å². The van der Waals surface area contributed by atoms with E-state index in [2.05, 4.69) is 15.5 Å². The molecule has 1 aliphatic rings. The Balaban J connectivity index is 1.52. The van der Waals surface area contributed by atoms with Gasteiger partial charge in [0, 0.05) is 32.5 Å². The van der Waals surface area contributed by atoms with E-state index in [1.807, 2.05) is 77.1 Å². The zero-order valence-electron chi connectivity index (χ0n) is 18.4. The second-order valence-electron chi connectivity index (χ2n) is 8.08. The zero-order valence-corrected chi connectivity index (χ0v) is 18.4. The number of benzene rings is 2. The number of amides is 2. The fraction of sp³-hybridized carbons (Fsp3) is 0.360. The van der Waals surface area contributed by atoms with Crippen LogP contribution in [0, 0.1) is 5.92 Å². The number of hydrogen-bond acceptors (Lipinski definition) is 4. The Labute approximate surface area is 188 Å². The van der Waals surface area contributed by atoms with Gasteiger partial charge in [-0.25, -0.2) is 0 Å². The highest BCUT2D eigenvalue weighted by molar-refractivity contribution is 5.85. The van der Waals surface area contributed by atoms with Crippen molar-refractivity contribution < 1.29 is 9.59 Å². The van der Waals surface area contributed by atoms with Crippen molar-refractivity contribution in [2.45, 2.75) is 45.3 Å². The molecule has 0 saturated carbocycles. The number of aromatic nitrogens is 3.